The van der Waals surface area contributed by atoms with Gasteiger partial charge in [-0.25, -0.2) is 4.79 Å². The number of carbonyl (C=O) groups excluding carboxylic acids is 6. The van der Waals surface area contributed by atoms with Crippen LogP contribution in [-0.4, -0.2) is 73.4 Å². The number of hydrogen-bond donors (Lipinski definition) is 7. The summed E-state index contributed by atoms with van der Waals surface area (Å²) in [5.41, 5.74) is 11.5. The minimum absolute atomic E-state index is 0. The monoisotopic (exact) mass is 929 g/mol. The number of rotatable bonds is 14. The van der Waals surface area contributed by atoms with E-state index in [9.17, 15) is 28.8 Å². The van der Waals surface area contributed by atoms with Gasteiger partial charge in [0, 0.05) is 32.2 Å². The van der Waals surface area contributed by atoms with Crippen molar-refractivity contribution in [2.75, 3.05) is 25.5 Å². The Labute approximate surface area is 282 Å². The Morgan fingerprint density at radius 1 is 0.979 bits per heavy atom. The third kappa shape index (κ3) is 43.1. The van der Waals surface area contributed by atoms with E-state index in [4.69, 9.17) is 21.3 Å². The van der Waals surface area contributed by atoms with Gasteiger partial charge in [0.15, 0.2) is 0 Å². The molecule has 0 heterocycles. The first-order valence-electron chi connectivity index (χ1n) is 15.8. The Morgan fingerprint density at radius 3 is 1.79 bits per heavy atom. The Bertz CT molecular complexity index is 943. The second kappa shape index (κ2) is 38.1. The summed E-state index contributed by atoms with van der Waals surface area (Å²) in [6.45, 7) is 19.7. The Balaban J connectivity index is -0.000000133. The number of anilines is 1. The summed E-state index contributed by atoms with van der Waals surface area (Å²) in [5.74, 6) is -1.22. The summed E-state index contributed by atoms with van der Waals surface area (Å²) in [6.07, 6.45) is 4.65. The summed E-state index contributed by atoms with van der Waals surface area (Å²) in [5, 5.41) is 18.6. The zero-order valence-corrected chi connectivity index (χ0v) is 33.1. The van der Waals surface area contributed by atoms with Crippen LogP contribution in [0.2, 0.25) is 0 Å². The van der Waals surface area contributed by atoms with Crippen molar-refractivity contribution < 1.29 is 38.6 Å². The molecule has 48 heavy (non-hydrogen) atoms. The van der Waals surface area contributed by atoms with Crippen molar-refractivity contribution in [2.24, 2.45) is 17.4 Å². The van der Waals surface area contributed by atoms with Gasteiger partial charge in [-0.1, -0.05) is 60.6 Å². The summed E-state index contributed by atoms with van der Waals surface area (Å²) in [7, 11) is 1.71. The van der Waals surface area contributed by atoms with Crippen molar-refractivity contribution in [3.63, 3.8) is 0 Å². The summed E-state index contributed by atoms with van der Waals surface area (Å²) >= 11 is 0. The second-order valence-corrected chi connectivity index (χ2v) is 10.2. The molecule has 1 aromatic carbocycles. The van der Waals surface area contributed by atoms with Crippen LogP contribution in [0.5, 0.6) is 0 Å². The van der Waals surface area contributed by atoms with Crippen molar-refractivity contribution in [2.45, 2.75) is 113 Å². The molecule has 6 amide bonds. The van der Waals surface area contributed by atoms with Crippen molar-refractivity contribution >= 4 is 42.1 Å². The molecule has 1 rings (SSSR count). The number of aldehydes is 1. The van der Waals surface area contributed by atoms with Crippen LogP contribution in [0.4, 0.5) is 10.5 Å². The van der Waals surface area contributed by atoms with Gasteiger partial charge in [0.2, 0.25) is 17.7 Å². The number of amides is 6. The van der Waals surface area contributed by atoms with E-state index in [0.29, 0.717) is 37.9 Å². The van der Waals surface area contributed by atoms with Crippen molar-refractivity contribution in [3.05, 3.63) is 29.8 Å². The first-order chi connectivity index (χ1) is 22.1. The molecule has 0 bridgehead atoms. The third-order valence-corrected chi connectivity index (χ3v) is 4.94. The Morgan fingerprint density at radius 2 is 1.46 bits per heavy atom. The first kappa shape index (κ1) is 55.4. The van der Waals surface area contributed by atoms with Gasteiger partial charge in [-0.3, -0.25) is 14.4 Å². The van der Waals surface area contributed by atoms with Gasteiger partial charge < -0.3 is 52.2 Å². The molecule has 0 aliphatic rings. The second-order valence-electron chi connectivity index (χ2n) is 10.2. The number of ether oxygens (including phenoxy) is 1. The number of methoxy groups -OCH3 is 1. The number of primary amides is 2. The van der Waals surface area contributed by atoms with Crippen molar-refractivity contribution in [1.82, 2.24) is 16.0 Å². The van der Waals surface area contributed by atoms with E-state index in [-0.39, 0.29) is 30.6 Å². The van der Waals surface area contributed by atoms with Crippen molar-refractivity contribution in [3.8, 4) is 0 Å². The van der Waals surface area contributed by atoms with Gasteiger partial charge in [-0.2, -0.15) is 6.41 Å². The van der Waals surface area contributed by atoms with Crippen LogP contribution < -0.4 is 32.7 Å². The van der Waals surface area contributed by atoms with E-state index in [1.54, 1.807) is 45.2 Å². The van der Waals surface area contributed by atoms with Gasteiger partial charge in [0.1, 0.15) is 12.3 Å². The zero-order valence-electron chi connectivity index (χ0n) is 30.7. The van der Waals surface area contributed by atoms with E-state index in [1.165, 1.54) is 6.41 Å². The van der Waals surface area contributed by atoms with E-state index in [0.717, 1.165) is 11.8 Å². The molecule has 1 atom stereocenters. The van der Waals surface area contributed by atoms with Crippen LogP contribution in [0.3, 0.4) is 0 Å². The molecule has 0 saturated carbocycles. The number of aliphatic hydroxyl groups excluding tert-OH is 1. The standard InChI is InChI=1S/C13H19N3O3.C8H14N3O3.C5H12O.C3H6O.2C2H6.Fm/c14-13(19)15-8-2-1-3-12(18)16-11-6-4-10(9-17)5-7-11;1-5(2)7(8(9)14)11-6(13)3-10-4-12;1-5(2,3)6-4;1-2-3-4;2*1-2;/h4-7,17H,1-3,8-9H2,(H,16,18)(H3,14,15,19);5,7H,3H2,1-2H3,(H2,9,14)(H,10,12)(H,11,13);1-4H3;3H,2H2,1H3;2*1-2H3;/q;-1;;;;;. The topological polar surface area (TPSA) is 232 Å². The molecule has 0 aliphatic heterocycles. The zero-order chi connectivity index (χ0) is 37.8. The Kier molecular flexibility index (Phi) is 44.0. The van der Waals surface area contributed by atoms with Crippen LogP contribution in [0.15, 0.2) is 24.3 Å². The molecule has 0 aliphatic carbocycles. The van der Waals surface area contributed by atoms with Gasteiger partial charge in [-0.15, -0.1) is 0 Å². The normalized spacial score (nSPS) is 9.69. The molecule has 0 aromatic heterocycles. The first-order valence-corrected chi connectivity index (χ1v) is 15.8. The van der Waals surface area contributed by atoms with E-state index >= 15 is 0 Å². The fourth-order valence-electron chi connectivity index (χ4n) is 2.45. The maximum atomic E-state index is 11.6. The predicted molar refractivity (Wildman–Crippen MR) is 188 cm³/mol. The summed E-state index contributed by atoms with van der Waals surface area (Å²) in [4.78, 5) is 62.8. The smallest absolute Gasteiger partial charge is 0.312 e. The maximum Gasteiger partial charge on any atom is 0.312 e. The van der Waals surface area contributed by atoms with Crippen LogP contribution in [0.25, 0.3) is 0 Å². The molecule has 15 heteroatoms. The van der Waals surface area contributed by atoms with Gasteiger partial charge in [0.25, 0.3) is 0 Å². The number of unbranched alkanes of at least 4 members (excludes halogenated alkanes) is 1. The average molecular weight is 929 g/mol. The largest absolute Gasteiger partial charge is 0.522 e. The van der Waals surface area contributed by atoms with Crippen LogP contribution >= 0.6 is 0 Å². The summed E-state index contributed by atoms with van der Waals surface area (Å²) in [6, 6.07) is 5.75. The molecule has 14 nitrogen and oxygen atoms in total. The number of benzene rings is 1. The molecule has 0 spiro atoms. The van der Waals surface area contributed by atoms with E-state index < -0.39 is 23.9 Å². The van der Waals surface area contributed by atoms with E-state index in [1.807, 2.05) is 55.4 Å². The predicted octanol–water partition coefficient (Wildman–Crippen LogP) is 3.30. The molecule has 0 radical (unpaired) electrons. The SMILES string of the molecule is CC.CC.CC(C)C(NC(=O)CN[C-]=O)C(N)=O.CCC=O.COC(C)(C)C.NC(=O)NCCCCC(=O)Nc1ccc(CO)cc1.[Fm]. The molecule has 1 aromatic rings. The third-order valence-electron chi connectivity index (χ3n) is 4.94. The number of urea groups is 1. The molecule has 1 unspecified atom stereocenters. The average Bonchev–Trinajstić information content (AvgIpc) is 3.04. The number of nitrogens with two attached hydrogens (primary N) is 2. The molecular formula is C33H63FmN6O8-. The quantitative estimate of drug-likeness (QED) is 0.0632. The number of nitrogens with one attached hydrogen (secondary N) is 4. The van der Waals surface area contributed by atoms with Crippen molar-refractivity contribution in [1.29, 1.82) is 0 Å². The molecule has 0 fully saturated rings. The minimum atomic E-state index is -0.712. The fourth-order valence-corrected chi connectivity index (χ4v) is 2.45. The summed E-state index contributed by atoms with van der Waals surface area (Å²) < 4.78 is 4.94. The number of hydrogen-bond acceptors (Lipinski definition) is 8. The Hall–Kier alpha value is -5.04. The van der Waals surface area contributed by atoms with Crippen LogP contribution in [0.1, 0.15) is 100 Å². The van der Waals surface area contributed by atoms with Gasteiger partial charge >= 0.3 is 6.03 Å². The molecule has 286 valence electrons. The maximum absolute atomic E-state index is 11.6. The minimum Gasteiger partial charge on any atom is -0.522 e. The van der Waals surface area contributed by atoms with Gasteiger partial charge in [0.05, 0.1) is 18.8 Å². The number of carbonyl (C=O) groups is 5. The molecular weight excluding hydrogens is 865 g/mol. The molecule has 0 saturated heterocycles. The van der Waals surface area contributed by atoms with Crippen LogP contribution in [-0.2, 0) is 35.3 Å². The van der Waals surface area contributed by atoms with Crippen LogP contribution in [0, 0.1) is 5.92 Å². The molecule has 9 N–H and O–H groups in total. The number of aliphatic hydroxyl groups is 1. The van der Waals surface area contributed by atoms with Gasteiger partial charge in [-0.05, 0) is 57.2 Å². The van der Waals surface area contributed by atoms with E-state index in [2.05, 4.69) is 21.3 Å². The fraction of sp³-hybridized carbons (Fsp3) is 0.636.